The van der Waals surface area contributed by atoms with Gasteiger partial charge in [0.2, 0.25) is 5.91 Å². The Balaban J connectivity index is 1.62. The molecule has 0 bridgehead atoms. The summed E-state index contributed by atoms with van der Waals surface area (Å²) in [6, 6.07) is 19.5. The van der Waals surface area contributed by atoms with Crippen LogP contribution in [0.3, 0.4) is 0 Å². The minimum Gasteiger partial charge on any atom is -0.325 e. The van der Waals surface area contributed by atoms with Crippen molar-refractivity contribution in [3.8, 4) is 0 Å². The number of amides is 1. The topological polar surface area (TPSA) is 64.0 Å². The molecular weight excluding hydrogens is 394 g/mol. The first kappa shape index (κ1) is 20.2. The van der Waals surface area contributed by atoms with Gasteiger partial charge in [0.15, 0.2) is 5.16 Å². The number of para-hydroxylation sites is 1. The highest BCUT2D eigenvalue weighted by Gasteiger charge is 2.14. The first-order valence-electron chi connectivity index (χ1n) is 10.0. The predicted octanol–water partition coefficient (Wildman–Crippen LogP) is 4.86. The number of benzene rings is 3. The third-order valence-corrected chi connectivity index (χ3v) is 6.08. The van der Waals surface area contributed by atoms with Gasteiger partial charge in [0.25, 0.3) is 5.56 Å². The second kappa shape index (κ2) is 8.71. The van der Waals surface area contributed by atoms with Crippen LogP contribution in [0.25, 0.3) is 21.7 Å². The second-order valence-corrected chi connectivity index (χ2v) is 7.95. The van der Waals surface area contributed by atoms with Crippen LogP contribution in [0.5, 0.6) is 0 Å². The van der Waals surface area contributed by atoms with Crippen molar-refractivity contribution in [3.63, 3.8) is 0 Å². The first-order valence-corrected chi connectivity index (χ1v) is 11.0. The SMILES string of the molecule is CCc1ccccc1NC(=O)CSc1nc2cc3ccccc3cc2c(=O)n1CC. The number of fused-ring (bicyclic) bond motifs is 2. The summed E-state index contributed by atoms with van der Waals surface area (Å²) < 4.78 is 1.63. The van der Waals surface area contributed by atoms with E-state index in [-0.39, 0.29) is 17.2 Å². The number of hydrogen-bond donors (Lipinski definition) is 1. The average Bonchev–Trinajstić information content (AvgIpc) is 2.77. The third kappa shape index (κ3) is 3.96. The Hall–Kier alpha value is -3.12. The molecule has 1 aromatic heterocycles. The molecule has 0 unspecified atom stereocenters. The molecule has 0 saturated carbocycles. The fourth-order valence-electron chi connectivity index (χ4n) is 3.54. The zero-order valence-corrected chi connectivity index (χ0v) is 17.8. The van der Waals surface area contributed by atoms with Crippen molar-refractivity contribution in [3.05, 3.63) is 76.6 Å². The zero-order valence-electron chi connectivity index (χ0n) is 17.0. The molecule has 0 aliphatic heterocycles. The fourth-order valence-corrected chi connectivity index (χ4v) is 4.41. The average molecular weight is 418 g/mol. The molecule has 5 nitrogen and oxygen atoms in total. The summed E-state index contributed by atoms with van der Waals surface area (Å²) in [7, 11) is 0. The van der Waals surface area contributed by atoms with Crippen molar-refractivity contribution >= 4 is 45.0 Å². The van der Waals surface area contributed by atoms with Crippen LogP contribution in [0, 0.1) is 0 Å². The largest absolute Gasteiger partial charge is 0.325 e. The Morgan fingerprint density at radius 3 is 2.47 bits per heavy atom. The van der Waals surface area contributed by atoms with Crippen LogP contribution in [0.2, 0.25) is 0 Å². The summed E-state index contributed by atoms with van der Waals surface area (Å²) >= 11 is 1.29. The van der Waals surface area contributed by atoms with E-state index in [4.69, 9.17) is 4.98 Å². The maximum Gasteiger partial charge on any atom is 0.262 e. The Morgan fingerprint density at radius 2 is 1.73 bits per heavy atom. The minimum absolute atomic E-state index is 0.0764. The van der Waals surface area contributed by atoms with Gasteiger partial charge >= 0.3 is 0 Å². The number of thioether (sulfide) groups is 1. The molecule has 0 spiro atoms. The zero-order chi connectivity index (χ0) is 21.1. The molecule has 0 radical (unpaired) electrons. The lowest BCUT2D eigenvalue weighted by molar-refractivity contribution is -0.113. The van der Waals surface area contributed by atoms with Gasteiger partial charge in [-0.15, -0.1) is 0 Å². The van der Waals surface area contributed by atoms with Gasteiger partial charge in [0, 0.05) is 12.2 Å². The molecule has 0 saturated heterocycles. The number of anilines is 1. The van der Waals surface area contributed by atoms with Crippen molar-refractivity contribution in [2.45, 2.75) is 32.0 Å². The second-order valence-electron chi connectivity index (χ2n) is 7.01. The molecule has 152 valence electrons. The maximum absolute atomic E-state index is 13.1. The van der Waals surface area contributed by atoms with E-state index in [2.05, 4.69) is 12.2 Å². The summed E-state index contributed by atoms with van der Waals surface area (Å²) in [6.45, 7) is 4.47. The Kier molecular flexibility index (Phi) is 5.86. The van der Waals surface area contributed by atoms with Gasteiger partial charge < -0.3 is 5.32 Å². The van der Waals surface area contributed by atoms with Crippen LogP contribution in [-0.4, -0.2) is 21.2 Å². The summed E-state index contributed by atoms with van der Waals surface area (Å²) in [5.41, 5.74) is 2.50. The Labute approximate surface area is 179 Å². The van der Waals surface area contributed by atoms with E-state index in [0.717, 1.165) is 28.4 Å². The van der Waals surface area contributed by atoms with E-state index in [1.54, 1.807) is 4.57 Å². The molecule has 4 rings (SSSR count). The van der Waals surface area contributed by atoms with Gasteiger partial charge in [0.1, 0.15) is 0 Å². The molecule has 3 aromatic carbocycles. The Bertz CT molecular complexity index is 1300. The number of rotatable bonds is 6. The lowest BCUT2D eigenvalue weighted by Gasteiger charge is -2.13. The summed E-state index contributed by atoms with van der Waals surface area (Å²) in [4.78, 5) is 30.3. The molecule has 1 N–H and O–H groups in total. The van der Waals surface area contributed by atoms with Crippen LogP contribution in [0.4, 0.5) is 5.69 Å². The number of carbonyl (C=O) groups excluding carboxylic acids is 1. The van der Waals surface area contributed by atoms with Gasteiger partial charge in [0.05, 0.1) is 16.7 Å². The summed E-state index contributed by atoms with van der Waals surface area (Å²) in [6.07, 6.45) is 0.846. The normalized spacial score (nSPS) is 11.1. The van der Waals surface area contributed by atoms with E-state index in [1.165, 1.54) is 11.8 Å². The fraction of sp³-hybridized carbons (Fsp3) is 0.208. The van der Waals surface area contributed by atoms with Crippen LogP contribution in [0.15, 0.2) is 70.6 Å². The van der Waals surface area contributed by atoms with Gasteiger partial charge in [-0.3, -0.25) is 14.2 Å². The highest BCUT2D eigenvalue weighted by Crippen LogP contribution is 2.23. The minimum atomic E-state index is -0.114. The molecule has 0 fully saturated rings. The van der Waals surface area contributed by atoms with Crippen LogP contribution in [-0.2, 0) is 17.8 Å². The molecule has 0 aliphatic carbocycles. The van der Waals surface area contributed by atoms with Crippen molar-refractivity contribution in [1.29, 1.82) is 0 Å². The maximum atomic E-state index is 13.1. The summed E-state index contributed by atoms with van der Waals surface area (Å²) in [5, 5.41) is 6.18. The highest BCUT2D eigenvalue weighted by atomic mass is 32.2. The first-order chi connectivity index (χ1) is 14.6. The molecule has 30 heavy (non-hydrogen) atoms. The number of nitrogens with zero attached hydrogens (tertiary/aromatic N) is 2. The Morgan fingerprint density at radius 1 is 1.03 bits per heavy atom. The van der Waals surface area contributed by atoms with E-state index in [1.807, 2.05) is 67.6 Å². The predicted molar refractivity (Wildman–Crippen MR) is 124 cm³/mol. The smallest absolute Gasteiger partial charge is 0.262 e. The lowest BCUT2D eigenvalue weighted by atomic mass is 10.1. The molecule has 0 aliphatic rings. The molecular formula is C24H23N3O2S. The molecule has 1 heterocycles. The highest BCUT2D eigenvalue weighted by molar-refractivity contribution is 7.99. The number of aryl methyl sites for hydroxylation is 1. The van der Waals surface area contributed by atoms with E-state index in [0.29, 0.717) is 22.6 Å². The molecule has 4 aromatic rings. The number of carbonyl (C=O) groups is 1. The van der Waals surface area contributed by atoms with Crippen molar-refractivity contribution < 1.29 is 4.79 Å². The van der Waals surface area contributed by atoms with Crippen LogP contribution >= 0.6 is 11.8 Å². The van der Waals surface area contributed by atoms with E-state index < -0.39 is 0 Å². The molecule has 6 heteroatoms. The van der Waals surface area contributed by atoms with E-state index in [9.17, 15) is 9.59 Å². The summed E-state index contributed by atoms with van der Waals surface area (Å²) in [5.74, 6) is 0.0697. The van der Waals surface area contributed by atoms with Crippen molar-refractivity contribution in [2.24, 2.45) is 0 Å². The quantitative estimate of drug-likeness (QED) is 0.276. The molecule has 1 amide bonds. The standard InChI is InChI=1S/C24H23N3O2S/c1-3-16-9-7-8-12-20(16)25-22(28)15-30-24-26-21-14-18-11-6-5-10-17(18)13-19(21)23(29)27(24)4-2/h5-14H,3-4,15H2,1-2H3,(H,25,28). The van der Waals surface area contributed by atoms with E-state index >= 15 is 0 Å². The number of nitrogens with one attached hydrogen (secondary N) is 1. The third-order valence-electron chi connectivity index (χ3n) is 5.11. The monoisotopic (exact) mass is 417 g/mol. The van der Waals surface area contributed by atoms with Gasteiger partial charge in [-0.25, -0.2) is 4.98 Å². The van der Waals surface area contributed by atoms with Gasteiger partial charge in [-0.2, -0.15) is 0 Å². The van der Waals surface area contributed by atoms with Crippen LogP contribution < -0.4 is 10.9 Å². The van der Waals surface area contributed by atoms with Crippen molar-refractivity contribution in [1.82, 2.24) is 9.55 Å². The lowest BCUT2D eigenvalue weighted by Crippen LogP contribution is -2.23. The van der Waals surface area contributed by atoms with Crippen LogP contribution in [0.1, 0.15) is 19.4 Å². The van der Waals surface area contributed by atoms with Gasteiger partial charge in [-0.05, 0) is 47.9 Å². The molecule has 0 atom stereocenters. The number of hydrogen-bond acceptors (Lipinski definition) is 4. The number of aromatic nitrogens is 2. The van der Waals surface area contributed by atoms with Crippen molar-refractivity contribution in [2.75, 3.05) is 11.1 Å². The van der Waals surface area contributed by atoms with Gasteiger partial charge in [-0.1, -0.05) is 61.2 Å².